The van der Waals surface area contributed by atoms with Crippen molar-refractivity contribution in [2.75, 3.05) is 10.2 Å². The van der Waals surface area contributed by atoms with Crippen molar-refractivity contribution in [3.8, 4) is 0 Å². The Bertz CT molecular complexity index is 1190. The molecule has 0 fully saturated rings. The van der Waals surface area contributed by atoms with E-state index < -0.39 is 17.6 Å². The first-order valence-electron chi connectivity index (χ1n) is 9.03. The van der Waals surface area contributed by atoms with Crippen molar-refractivity contribution in [2.45, 2.75) is 6.92 Å². The van der Waals surface area contributed by atoms with Gasteiger partial charge in [0.15, 0.2) is 0 Å². The maximum absolute atomic E-state index is 13.4. The number of carbonyl (C=O) groups excluding carboxylic acids is 2. The largest absolute Gasteiger partial charge is 0.350 e. The highest BCUT2D eigenvalue weighted by molar-refractivity contribution is 6.46. The van der Waals surface area contributed by atoms with E-state index in [0.717, 1.165) is 10.5 Å². The lowest BCUT2D eigenvalue weighted by atomic mass is 10.0. The van der Waals surface area contributed by atoms with Crippen LogP contribution in [0.4, 0.5) is 15.8 Å². The van der Waals surface area contributed by atoms with Crippen LogP contribution in [0.5, 0.6) is 0 Å². The van der Waals surface area contributed by atoms with Crippen molar-refractivity contribution >= 4 is 52.0 Å². The van der Waals surface area contributed by atoms with E-state index in [9.17, 15) is 14.0 Å². The summed E-state index contributed by atoms with van der Waals surface area (Å²) < 4.78 is 13.4. The minimum absolute atomic E-state index is 0.108. The fraction of sp³-hybridized carbons (Fsp3) is 0.0435. The standard InChI is InChI=1S/C23H15Cl2FN2O2/c1-13-18(25)3-2-4-19(13)27-21-20(14-5-7-15(24)8-6-14)22(29)28(23(21)30)17-11-9-16(26)10-12-17/h2-12,27H,1H3. The second-order valence-electron chi connectivity index (χ2n) is 6.72. The van der Waals surface area contributed by atoms with Crippen molar-refractivity contribution in [3.63, 3.8) is 0 Å². The molecule has 0 bridgehead atoms. The van der Waals surface area contributed by atoms with Gasteiger partial charge in [-0.1, -0.05) is 41.4 Å². The molecule has 0 unspecified atom stereocenters. The molecule has 4 rings (SSSR count). The smallest absolute Gasteiger partial charge is 0.282 e. The molecule has 0 aromatic heterocycles. The van der Waals surface area contributed by atoms with Crippen LogP contribution in [-0.4, -0.2) is 11.8 Å². The molecule has 1 heterocycles. The number of carbonyl (C=O) groups is 2. The molecule has 2 amide bonds. The van der Waals surface area contributed by atoms with Crippen LogP contribution in [0.3, 0.4) is 0 Å². The van der Waals surface area contributed by atoms with E-state index in [2.05, 4.69) is 5.32 Å². The highest BCUT2D eigenvalue weighted by atomic mass is 35.5. The van der Waals surface area contributed by atoms with Gasteiger partial charge in [-0.2, -0.15) is 0 Å². The number of amides is 2. The summed E-state index contributed by atoms with van der Waals surface area (Å²) in [6.07, 6.45) is 0. The van der Waals surface area contributed by atoms with Gasteiger partial charge in [0, 0.05) is 15.7 Å². The summed E-state index contributed by atoms with van der Waals surface area (Å²) in [5.41, 5.74) is 2.45. The lowest BCUT2D eigenvalue weighted by Crippen LogP contribution is -2.32. The van der Waals surface area contributed by atoms with Gasteiger partial charge in [0.05, 0.1) is 11.3 Å². The average Bonchev–Trinajstić information content (AvgIpc) is 2.97. The van der Waals surface area contributed by atoms with Crippen LogP contribution in [0.15, 0.2) is 72.4 Å². The van der Waals surface area contributed by atoms with E-state index in [0.29, 0.717) is 21.3 Å². The van der Waals surface area contributed by atoms with Gasteiger partial charge in [-0.3, -0.25) is 9.59 Å². The Morgan fingerprint density at radius 2 is 1.53 bits per heavy atom. The second kappa shape index (κ2) is 7.94. The van der Waals surface area contributed by atoms with Crippen LogP contribution in [0, 0.1) is 12.7 Å². The Kier molecular flexibility index (Phi) is 5.33. The highest BCUT2D eigenvalue weighted by Crippen LogP contribution is 2.35. The molecular formula is C23H15Cl2FN2O2. The van der Waals surface area contributed by atoms with E-state index in [1.807, 2.05) is 6.92 Å². The Morgan fingerprint density at radius 3 is 2.20 bits per heavy atom. The highest BCUT2D eigenvalue weighted by Gasteiger charge is 2.40. The van der Waals surface area contributed by atoms with E-state index in [1.54, 1.807) is 42.5 Å². The number of imide groups is 1. The number of hydrogen-bond donors (Lipinski definition) is 1. The third-order valence-electron chi connectivity index (χ3n) is 4.83. The average molecular weight is 441 g/mol. The van der Waals surface area contributed by atoms with Gasteiger partial charge in [0.2, 0.25) is 0 Å². The normalized spacial score (nSPS) is 13.9. The monoisotopic (exact) mass is 440 g/mol. The van der Waals surface area contributed by atoms with Gasteiger partial charge < -0.3 is 5.32 Å². The minimum Gasteiger partial charge on any atom is -0.350 e. The zero-order chi connectivity index (χ0) is 21.4. The van der Waals surface area contributed by atoms with Crippen LogP contribution in [0.25, 0.3) is 5.57 Å². The van der Waals surface area contributed by atoms with Gasteiger partial charge in [0.1, 0.15) is 11.5 Å². The number of nitrogens with zero attached hydrogens (tertiary/aromatic N) is 1. The molecule has 3 aromatic rings. The number of halogens is 3. The summed E-state index contributed by atoms with van der Waals surface area (Å²) in [6, 6.07) is 17.1. The molecule has 1 aliphatic heterocycles. The van der Waals surface area contributed by atoms with Crippen molar-refractivity contribution < 1.29 is 14.0 Å². The number of benzene rings is 3. The maximum Gasteiger partial charge on any atom is 0.282 e. The molecule has 0 saturated heterocycles. The molecule has 30 heavy (non-hydrogen) atoms. The molecule has 0 aliphatic carbocycles. The number of hydrogen-bond acceptors (Lipinski definition) is 3. The molecule has 3 aromatic carbocycles. The fourth-order valence-electron chi connectivity index (χ4n) is 3.23. The van der Waals surface area contributed by atoms with Gasteiger partial charge in [-0.25, -0.2) is 9.29 Å². The van der Waals surface area contributed by atoms with E-state index >= 15 is 0 Å². The van der Waals surface area contributed by atoms with Crippen molar-refractivity contribution in [1.82, 2.24) is 0 Å². The van der Waals surface area contributed by atoms with E-state index in [1.165, 1.54) is 24.3 Å². The topological polar surface area (TPSA) is 49.4 Å². The first-order chi connectivity index (χ1) is 14.4. The predicted molar refractivity (Wildman–Crippen MR) is 117 cm³/mol. The lowest BCUT2D eigenvalue weighted by molar-refractivity contribution is -0.120. The molecule has 4 nitrogen and oxygen atoms in total. The molecular weight excluding hydrogens is 426 g/mol. The van der Waals surface area contributed by atoms with Gasteiger partial charge in [-0.05, 0) is 66.6 Å². The Labute approximate surface area is 182 Å². The maximum atomic E-state index is 13.4. The summed E-state index contributed by atoms with van der Waals surface area (Å²) >= 11 is 12.2. The van der Waals surface area contributed by atoms with Crippen molar-refractivity contribution in [3.05, 3.63) is 99.4 Å². The first kappa shape index (κ1) is 20.1. The lowest BCUT2D eigenvalue weighted by Gasteiger charge is -2.16. The summed E-state index contributed by atoms with van der Waals surface area (Å²) in [5.74, 6) is -1.52. The molecule has 0 saturated carbocycles. The van der Waals surface area contributed by atoms with Gasteiger partial charge >= 0.3 is 0 Å². The van der Waals surface area contributed by atoms with E-state index in [4.69, 9.17) is 23.2 Å². The fourth-order valence-corrected chi connectivity index (χ4v) is 3.53. The van der Waals surface area contributed by atoms with Crippen LogP contribution in [0.2, 0.25) is 10.0 Å². The molecule has 7 heteroatoms. The van der Waals surface area contributed by atoms with Gasteiger partial charge in [-0.15, -0.1) is 0 Å². The van der Waals surface area contributed by atoms with Crippen LogP contribution < -0.4 is 10.2 Å². The predicted octanol–water partition coefficient (Wildman–Crippen LogP) is 5.84. The zero-order valence-electron chi connectivity index (χ0n) is 15.7. The van der Waals surface area contributed by atoms with Crippen LogP contribution in [0.1, 0.15) is 11.1 Å². The molecule has 1 N–H and O–H groups in total. The summed E-state index contributed by atoms with van der Waals surface area (Å²) in [7, 11) is 0. The Morgan fingerprint density at radius 1 is 0.867 bits per heavy atom. The first-order valence-corrected chi connectivity index (χ1v) is 9.79. The number of rotatable bonds is 4. The molecule has 150 valence electrons. The quantitative estimate of drug-likeness (QED) is 0.518. The summed E-state index contributed by atoms with van der Waals surface area (Å²) in [6.45, 7) is 1.81. The number of nitrogens with one attached hydrogen (secondary N) is 1. The Hall–Kier alpha value is -3.15. The van der Waals surface area contributed by atoms with E-state index in [-0.39, 0.29) is 17.0 Å². The molecule has 0 radical (unpaired) electrons. The SMILES string of the molecule is Cc1c(Cl)cccc1NC1=C(c2ccc(Cl)cc2)C(=O)N(c2ccc(F)cc2)C1=O. The van der Waals surface area contributed by atoms with Crippen LogP contribution in [-0.2, 0) is 9.59 Å². The molecule has 0 atom stereocenters. The summed E-state index contributed by atoms with van der Waals surface area (Å²) in [4.78, 5) is 27.6. The zero-order valence-corrected chi connectivity index (χ0v) is 17.3. The molecule has 1 aliphatic rings. The minimum atomic E-state index is -0.545. The van der Waals surface area contributed by atoms with Gasteiger partial charge in [0.25, 0.3) is 11.8 Å². The van der Waals surface area contributed by atoms with Crippen molar-refractivity contribution in [1.29, 1.82) is 0 Å². The van der Waals surface area contributed by atoms with Crippen molar-refractivity contribution in [2.24, 2.45) is 0 Å². The summed E-state index contributed by atoms with van der Waals surface area (Å²) in [5, 5.41) is 4.12. The number of anilines is 2. The third kappa shape index (κ3) is 3.58. The molecule has 0 spiro atoms. The third-order valence-corrected chi connectivity index (χ3v) is 5.49. The second-order valence-corrected chi connectivity index (χ2v) is 7.56. The van der Waals surface area contributed by atoms with Crippen LogP contribution >= 0.6 is 23.2 Å². The Balaban J connectivity index is 1.84.